The molecule has 2 amide bonds. The third-order valence-electron chi connectivity index (χ3n) is 3.40. The molecule has 1 atom stereocenters. The number of nitrogens with one attached hydrogen (secondary N) is 2. The highest BCUT2D eigenvalue weighted by Gasteiger charge is 2.18. The average Bonchev–Trinajstić information content (AvgIpc) is 3.04. The van der Waals surface area contributed by atoms with Crippen LogP contribution in [-0.4, -0.2) is 44.3 Å². The maximum Gasteiger partial charge on any atom is 0.253 e. The molecule has 0 aliphatic carbocycles. The molecule has 1 aliphatic heterocycles. The number of rotatable bonds is 7. The van der Waals surface area contributed by atoms with E-state index in [9.17, 15) is 9.59 Å². The van der Waals surface area contributed by atoms with Crippen molar-refractivity contribution < 1.29 is 19.1 Å². The summed E-state index contributed by atoms with van der Waals surface area (Å²) in [5.41, 5.74) is 0.919. The molecule has 1 saturated heterocycles. The first-order valence-electron chi connectivity index (χ1n) is 7.57. The lowest BCUT2D eigenvalue weighted by molar-refractivity contribution is -0.120. The van der Waals surface area contributed by atoms with Gasteiger partial charge in [0, 0.05) is 19.8 Å². The Balaban J connectivity index is 1.94. The van der Waals surface area contributed by atoms with E-state index >= 15 is 0 Å². The smallest absolute Gasteiger partial charge is 0.253 e. The molecule has 0 aromatic heterocycles. The second-order valence-corrected chi connectivity index (χ2v) is 5.08. The van der Waals surface area contributed by atoms with E-state index in [1.165, 1.54) is 0 Å². The Morgan fingerprint density at radius 3 is 2.91 bits per heavy atom. The van der Waals surface area contributed by atoms with Crippen LogP contribution >= 0.6 is 0 Å². The molecule has 1 fully saturated rings. The predicted octanol–water partition coefficient (Wildman–Crippen LogP) is 1.57. The number of hydrogen-bond donors (Lipinski definition) is 2. The first-order valence-corrected chi connectivity index (χ1v) is 7.57. The highest BCUT2D eigenvalue weighted by molar-refractivity contribution is 6.03. The van der Waals surface area contributed by atoms with Crippen molar-refractivity contribution in [2.45, 2.75) is 25.9 Å². The van der Waals surface area contributed by atoms with Gasteiger partial charge in [-0.2, -0.15) is 0 Å². The van der Waals surface area contributed by atoms with Gasteiger partial charge in [0.15, 0.2) is 0 Å². The molecule has 6 nitrogen and oxygen atoms in total. The topological polar surface area (TPSA) is 76.7 Å². The van der Waals surface area contributed by atoms with Gasteiger partial charge in [0.25, 0.3) is 5.91 Å². The minimum Gasteiger partial charge on any atom is -0.376 e. The highest BCUT2D eigenvalue weighted by Crippen LogP contribution is 2.16. The summed E-state index contributed by atoms with van der Waals surface area (Å²) >= 11 is 0. The van der Waals surface area contributed by atoms with Gasteiger partial charge in [-0.1, -0.05) is 12.1 Å². The summed E-state index contributed by atoms with van der Waals surface area (Å²) in [6, 6.07) is 6.91. The Morgan fingerprint density at radius 2 is 2.18 bits per heavy atom. The third-order valence-corrected chi connectivity index (χ3v) is 3.40. The highest BCUT2D eigenvalue weighted by atomic mass is 16.5. The van der Waals surface area contributed by atoms with Crippen molar-refractivity contribution in [3.63, 3.8) is 0 Å². The van der Waals surface area contributed by atoms with Crippen LogP contribution in [0.3, 0.4) is 0 Å². The van der Waals surface area contributed by atoms with Gasteiger partial charge in [-0.15, -0.1) is 0 Å². The molecule has 6 heteroatoms. The number of hydrogen-bond acceptors (Lipinski definition) is 4. The van der Waals surface area contributed by atoms with Crippen LogP contribution in [-0.2, 0) is 14.3 Å². The fourth-order valence-corrected chi connectivity index (χ4v) is 2.28. The van der Waals surface area contributed by atoms with Crippen molar-refractivity contribution in [2.24, 2.45) is 0 Å². The maximum atomic E-state index is 12.3. The molecule has 120 valence electrons. The van der Waals surface area contributed by atoms with Gasteiger partial charge < -0.3 is 20.1 Å². The van der Waals surface area contributed by atoms with Gasteiger partial charge in [0.1, 0.15) is 6.61 Å². The molecule has 1 heterocycles. The van der Waals surface area contributed by atoms with Gasteiger partial charge >= 0.3 is 0 Å². The summed E-state index contributed by atoms with van der Waals surface area (Å²) in [7, 11) is 0. The molecule has 0 spiro atoms. The predicted molar refractivity (Wildman–Crippen MR) is 82.9 cm³/mol. The van der Waals surface area contributed by atoms with E-state index in [0.29, 0.717) is 24.4 Å². The van der Waals surface area contributed by atoms with Crippen molar-refractivity contribution in [3.8, 4) is 0 Å². The monoisotopic (exact) mass is 306 g/mol. The Bertz CT molecular complexity index is 513. The molecule has 22 heavy (non-hydrogen) atoms. The first kappa shape index (κ1) is 16.5. The zero-order chi connectivity index (χ0) is 15.8. The summed E-state index contributed by atoms with van der Waals surface area (Å²) in [5, 5.41) is 5.55. The first-order chi connectivity index (χ1) is 10.7. The van der Waals surface area contributed by atoms with E-state index in [0.717, 1.165) is 19.4 Å². The number of carbonyl (C=O) groups is 2. The molecule has 0 unspecified atom stereocenters. The summed E-state index contributed by atoms with van der Waals surface area (Å²) in [6.45, 7) is 3.50. The quantitative estimate of drug-likeness (QED) is 0.801. The van der Waals surface area contributed by atoms with Gasteiger partial charge in [0.2, 0.25) is 5.91 Å². The molecular weight excluding hydrogens is 284 g/mol. The van der Waals surface area contributed by atoms with Crippen LogP contribution < -0.4 is 10.6 Å². The van der Waals surface area contributed by atoms with E-state index in [2.05, 4.69) is 10.6 Å². The lowest BCUT2D eigenvalue weighted by Crippen LogP contribution is -2.32. The SMILES string of the molecule is CCOCC(=O)Nc1ccccc1C(=O)NC[C@H]1CCCO1. The molecule has 0 bridgehead atoms. The summed E-state index contributed by atoms with van der Waals surface area (Å²) < 4.78 is 10.5. The van der Waals surface area contributed by atoms with Crippen LogP contribution in [0.2, 0.25) is 0 Å². The standard InChI is InChI=1S/C16H22N2O4/c1-2-21-11-15(19)18-14-8-4-3-7-13(14)16(20)17-10-12-6-5-9-22-12/h3-4,7-8,12H,2,5-6,9-11H2,1H3,(H,17,20)(H,18,19)/t12-/m1/s1. The molecule has 1 aliphatic rings. The normalized spacial score (nSPS) is 17.2. The molecule has 0 radical (unpaired) electrons. The number of benzene rings is 1. The second-order valence-electron chi connectivity index (χ2n) is 5.08. The second kappa shape index (κ2) is 8.51. The number of ether oxygens (including phenoxy) is 2. The maximum absolute atomic E-state index is 12.3. The summed E-state index contributed by atoms with van der Waals surface area (Å²) in [6.07, 6.45) is 2.08. The number of carbonyl (C=O) groups excluding carboxylic acids is 2. The van der Waals surface area contributed by atoms with Crippen molar-refractivity contribution in [2.75, 3.05) is 31.7 Å². The Kier molecular flexibility index (Phi) is 6.36. The van der Waals surface area contributed by atoms with E-state index in [1.54, 1.807) is 24.3 Å². The Hall–Kier alpha value is -1.92. The van der Waals surface area contributed by atoms with Crippen molar-refractivity contribution in [3.05, 3.63) is 29.8 Å². The minimum atomic E-state index is -0.277. The Labute approximate surface area is 130 Å². The van der Waals surface area contributed by atoms with Crippen LogP contribution in [0.25, 0.3) is 0 Å². The fraction of sp³-hybridized carbons (Fsp3) is 0.500. The van der Waals surface area contributed by atoms with Gasteiger partial charge in [0.05, 0.1) is 17.4 Å². The van der Waals surface area contributed by atoms with E-state index < -0.39 is 0 Å². The lowest BCUT2D eigenvalue weighted by atomic mass is 10.1. The average molecular weight is 306 g/mol. The number of para-hydroxylation sites is 1. The zero-order valence-electron chi connectivity index (χ0n) is 12.8. The van der Waals surface area contributed by atoms with Crippen molar-refractivity contribution in [1.82, 2.24) is 5.32 Å². The van der Waals surface area contributed by atoms with E-state index in [1.807, 2.05) is 6.92 Å². The van der Waals surface area contributed by atoms with Crippen LogP contribution in [0.5, 0.6) is 0 Å². The van der Waals surface area contributed by atoms with E-state index in [-0.39, 0.29) is 24.5 Å². The summed E-state index contributed by atoms with van der Waals surface area (Å²) in [5.74, 6) is -0.496. The fourth-order valence-electron chi connectivity index (χ4n) is 2.28. The molecule has 0 saturated carbocycles. The lowest BCUT2D eigenvalue weighted by Gasteiger charge is -2.13. The largest absolute Gasteiger partial charge is 0.376 e. The number of anilines is 1. The van der Waals surface area contributed by atoms with Gasteiger partial charge in [-0.25, -0.2) is 0 Å². The Morgan fingerprint density at radius 1 is 1.36 bits per heavy atom. The van der Waals surface area contributed by atoms with Crippen LogP contribution in [0.15, 0.2) is 24.3 Å². The summed E-state index contributed by atoms with van der Waals surface area (Å²) in [4.78, 5) is 24.0. The molecule has 2 rings (SSSR count). The van der Waals surface area contributed by atoms with Crippen molar-refractivity contribution >= 4 is 17.5 Å². The van der Waals surface area contributed by atoms with Gasteiger partial charge in [-0.05, 0) is 31.9 Å². The zero-order valence-corrected chi connectivity index (χ0v) is 12.8. The van der Waals surface area contributed by atoms with Crippen LogP contribution in [0, 0.1) is 0 Å². The molecule has 1 aromatic rings. The molecular formula is C16H22N2O4. The van der Waals surface area contributed by atoms with Crippen LogP contribution in [0.1, 0.15) is 30.1 Å². The number of amides is 2. The van der Waals surface area contributed by atoms with Crippen molar-refractivity contribution in [1.29, 1.82) is 0 Å². The van der Waals surface area contributed by atoms with Crippen LogP contribution in [0.4, 0.5) is 5.69 Å². The molecule has 2 N–H and O–H groups in total. The third kappa shape index (κ3) is 4.82. The molecule has 1 aromatic carbocycles. The van der Waals surface area contributed by atoms with Gasteiger partial charge in [-0.3, -0.25) is 9.59 Å². The van der Waals surface area contributed by atoms with E-state index in [4.69, 9.17) is 9.47 Å². The minimum absolute atomic E-state index is 0.0254.